The van der Waals surface area contributed by atoms with Crippen molar-refractivity contribution in [3.05, 3.63) is 23.3 Å². The van der Waals surface area contributed by atoms with Gasteiger partial charge in [0.15, 0.2) is 11.6 Å². The molecule has 0 saturated carbocycles. The zero-order valence-electron chi connectivity index (χ0n) is 16.7. The average Bonchev–Trinajstić information content (AvgIpc) is 2.65. The number of hydrogen-bond donors (Lipinski definition) is 2. The summed E-state index contributed by atoms with van der Waals surface area (Å²) in [6, 6.07) is 2.45. The number of carbonyl (C=O) groups is 2. The lowest BCUT2D eigenvalue weighted by atomic mass is 10.0. The second-order valence-electron chi connectivity index (χ2n) is 7.89. The Hall–Kier alpha value is -2.00. The van der Waals surface area contributed by atoms with Crippen molar-refractivity contribution in [2.75, 3.05) is 79.5 Å². The molecular formula is C20H30N4O4. The van der Waals surface area contributed by atoms with Gasteiger partial charge in [0, 0.05) is 58.4 Å². The third-order valence-corrected chi connectivity index (χ3v) is 5.64. The Morgan fingerprint density at radius 1 is 0.714 bits per heavy atom. The highest BCUT2D eigenvalue weighted by molar-refractivity contribution is 6.06. The zero-order chi connectivity index (χ0) is 20.3. The number of piperazine rings is 2. The largest absolute Gasteiger partial charge is 0.507 e. The van der Waals surface area contributed by atoms with Gasteiger partial charge in [-0.25, -0.2) is 0 Å². The molecule has 154 valence electrons. The van der Waals surface area contributed by atoms with E-state index < -0.39 is 0 Å². The molecule has 8 heteroatoms. The van der Waals surface area contributed by atoms with Gasteiger partial charge >= 0.3 is 0 Å². The summed E-state index contributed by atoms with van der Waals surface area (Å²) in [5.41, 5.74) is 0.192. The number of aromatic hydroxyl groups is 2. The molecule has 2 heterocycles. The molecular weight excluding hydrogens is 360 g/mol. The Balaban J connectivity index is 1.69. The fraction of sp³-hybridized carbons (Fsp3) is 0.600. The summed E-state index contributed by atoms with van der Waals surface area (Å²) in [7, 11) is 4.09. The summed E-state index contributed by atoms with van der Waals surface area (Å²) >= 11 is 0. The Morgan fingerprint density at radius 3 is 1.43 bits per heavy atom. The molecule has 2 aliphatic heterocycles. The van der Waals surface area contributed by atoms with Crippen LogP contribution in [0, 0.1) is 0 Å². The lowest BCUT2D eigenvalue weighted by Gasteiger charge is -2.32. The lowest BCUT2D eigenvalue weighted by molar-refractivity contribution is 0.0873. The van der Waals surface area contributed by atoms with Crippen molar-refractivity contribution < 1.29 is 19.8 Å². The molecule has 2 saturated heterocycles. The van der Waals surface area contributed by atoms with Crippen LogP contribution in [0.2, 0.25) is 0 Å². The number of Topliss-reactive ketones (excluding diaryl/α,β-unsaturated/α-hetero) is 2. The third kappa shape index (κ3) is 5.08. The number of phenolic OH excluding ortho intramolecular Hbond substituents is 2. The van der Waals surface area contributed by atoms with Gasteiger partial charge in [0.1, 0.15) is 11.5 Å². The molecule has 0 aliphatic carbocycles. The summed E-state index contributed by atoms with van der Waals surface area (Å²) in [6.07, 6.45) is 0. The van der Waals surface area contributed by atoms with E-state index in [0.29, 0.717) is 0 Å². The zero-order valence-corrected chi connectivity index (χ0v) is 16.7. The first-order chi connectivity index (χ1) is 13.3. The molecule has 0 spiro atoms. The van der Waals surface area contributed by atoms with Crippen molar-refractivity contribution in [3.8, 4) is 11.5 Å². The van der Waals surface area contributed by atoms with Gasteiger partial charge in [-0.05, 0) is 20.2 Å². The van der Waals surface area contributed by atoms with Crippen molar-refractivity contribution >= 4 is 11.6 Å². The van der Waals surface area contributed by atoms with Gasteiger partial charge in [-0.2, -0.15) is 0 Å². The predicted molar refractivity (Wildman–Crippen MR) is 106 cm³/mol. The maximum atomic E-state index is 12.7. The average molecular weight is 390 g/mol. The number of carbonyl (C=O) groups excluding carboxylic acids is 2. The monoisotopic (exact) mass is 390 g/mol. The smallest absolute Gasteiger partial charge is 0.180 e. The molecule has 0 radical (unpaired) electrons. The van der Waals surface area contributed by atoms with Crippen LogP contribution in [0.15, 0.2) is 12.1 Å². The summed E-state index contributed by atoms with van der Waals surface area (Å²) in [4.78, 5) is 33.9. The van der Waals surface area contributed by atoms with Gasteiger partial charge in [-0.1, -0.05) is 0 Å². The molecule has 0 aromatic heterocycles. The molecule has 28 heavy (non-hydrogen) atoms. The Bertz CT molecular complexity index is 666. The Morgan fingerprint density at radius 2 is 1.07 bits per heavy atom. The highest BCUT2D eigenvalue weighted by Gasteiger charge is 2.24. The molecule has 2 aliphatic rings. The molecule has 0 bridgehead atoms. The van der Waals surface area contributed by atoms with Gasteiger partial charge in [0.25, 0.3) is 0 Å². The minimum atomic E-state index is -0.284. The van der Waals surface area contributed by atoms with E-state index in [0.717, 1.165) is 58.4 Å². The summed E-state index contributed by atoms with van der Waals surface area (Å²) in [5, 5.41) is 20.3. The minimum absolute atomic E-state index is 0.0958. The van der Waals surface area contributed by atoms with Gasteiger partial charge in [-0.15, -0.1) is 0 Å². The normalized spacial score (nSPS) is 20.4. The predicted octanol–water partition coefficient (Wildman–Crippen LogP) is -0.0420. The maximum absolute atomic E-state index is 12.7. The topological polar surface area (TPSA) is 87.6 Å². The van der Waals surface area contributed by atoms with Crippen molar-refractivity contribution in [3.63, 3.8) is 0 Å². The first-order valence-electron chi connectivity index (χ1n) is 9.77. The van der Waals surface area contributed by atoms with Crippen LogP contribution in [0.25, 0.3) is 0 Å². The van der Waals surface area contributed by atoms with Crippen LogP contribution in [-0.4, -0.2) is 121 Å². The first-order valence-corrected chi connectivity index (χ1v) is 9.77. The number of likely N-dealkylation sites (N-methyl/N-ethyl adjacent to an activating group) is 2. The molecule has 3 rings (SSSR count). The van der Waals surface area contributed by atoms with Crippen LogP contribution in [0.3, 0.4) is 0 Å². The van der Waals surface area contributed by atoms with Crippen LogP contribution in [0.1, 0.15) is 20.7 Å². The molecule has 0 unspecified atom stereocenters. The van der Waals surface area contributed by atoms with Gasteiger partial charge in [0.2, 0.25) is 0 Å². The standard InChI is InChI=1S/C20H30N4O4/c1-21-3-7-23(8-4-21)13-19(27)15-11-16(18(26)12-17(15)25)20(28)14-24-9-5-22(2)6-10-24/h11-12,25-26H,3-10,13-14H2,1-2H3. The van der Waals surface area contributed by atoms with E-state index in [-0.39, 0.29) is 47.3 Å². The Labute approximate surface area is 165 Å². The fourth-order valence-electron chi connectivity index (χ4n) is 3.61. The first kappa shape index (κ1) is 20.7. The highest BCUT2D eigenvalue weighted by atomic mass is 16.3. The van der Waals surface area contributed by atoms with Crippen LogP contribution in [0.4, 0.5) is 0 Å². The maximum Gasteiger partial charge on any atom is 0.180 e. The molecule has 1 aromatic carbocycles. The number of ketones is 2. The fourth-order valence-corrected chi connectivity index (χ4v) is 3.61. The van der Waals surface area contributed by atoms with Crippen LogP contribution >= 0.6 is 0 Å². The van der Waals surface area contributed by atoms with Gasteiger partial charge in [-0.3, -0.25) is 19.4 Å². The minimum Gasteiger partial charge on any atom is -0.507 e. The number of benzene rings is 1. The van der Waals surface area contributed by atoms with Crippen molar-refractivity contribution in [1.82, 2.24) is 19.6 Å². The van der Waals surface area contributed by atoms with E-state index in [1.54, 1.807) is 0 Å². The quantitative estimate of drug-likeness (QED) is 0.655. The number of nitrogens with zero attached hydrogens (tertiary/aromatic N) is 4. The van der Waals surface area contributed by atoms with Crippen molar-refractivity contribution in [2.24, 2.45) is 0 Å². The van der Waals surface area contributed by atoms with Gasteiger partial charge < -0.3 is 20.0 Å². The summed E-state index contributed by atoms with van der Waals surface area (Å²) in [5.74, 6) is -1.05. The molecule has 8 nitrogen and oxygen atoms in total. The number of hydrogen-bond acceptors (Lipinski definition) is 8. The van der Waals surface area contributed by atoms with E-state index in [1.165, 1.54) is 6.07 Å². The van der Waals surface area contributed by atoms with Crippen molar-refractivity contribution in [2.45, 2.75) is 0 Å². The second kappa shape index (κ2) is 9.00. The molecule has 2 fully saturated rings. The van der Waals surface area contributed by atoms with E-state index in [1.807, 2.05) is 23.9 Å². The van der Waals surface area contributed by atoms with Crippen LogP contribution in [0.5, 0.6) is 11.5 Å². The second-order valence-corrected chi connectivity index (χ2v) is 7.89. The molecule has 2 N–H and O–H groups in total. The van der Waals surface area contributed by atoms with Gasteiger partial charge in [0.05, 0.1) is 24.2 Å². The van der Waals surface area contributed by atoms with E-state index in [2.05, 4.69) is 9.80 Å². The number of rotatable bonds is 6. The van der Waals surface area contributed by atoms with Crippen LogP contribution in [-0.2, 0) is 0 Å². The Kier molecular flexibility index (Phi) is 6.66. The SMILES string of the molecule is CN1CCN(CC(=O)c2cc(C(=O)CN3CCN(C)CC3)c(O)cc2O)CC1. The molecule has 1 aromatic rings. The van der Waals surface area contributed by atoms with Crippen molar-refractivity contribution in [1.29, 1.82) is 0 Å². The summed E-state index contributed by atoms with van der Waals surface area (Å²) < 4.78 is 0. The van der Waals surface area contributed by atoms with E-state index >= 15 is 0 Å². The van der Waals surface area contributed by atoms with Crippen LogP contribution < -0.4 is 0 Å². The number of phenols is 2. The summed E-state index contributed by atoms with van der Waals surface area (Å²) in [6.45, 7) is 7.11. The molecule has 0 atom stereocenters. The van der Waals surface area contributed by atoms with E-state index in [9.17, 15) is 19.8 Å². The lowest BCUT2D eigenvalue weighted by Crippen LogP contribution is -2.46. The van der Waals surface area contributed by atoms with E-state index in [4.69, 9.17) is 0 Å². The third-order valence-electron chi connectivity index (χ3n) is 5.64. The molecule has 0 amide bonds. The highest BCUT2D eigenvalue weighted by Crippen LogP contribution is 2.28.